The van der Waals surface area contributed by atoms with Crippen LogP contribution < -0.4 is 15.1 Å². The van der Waals surface area contributed by atoms with E-state index in [0.29, 0.717) is 0 Å². The number of carbonyl (C=O) groups excluding carboxylic acids is 1. The normalized spacial score (nSPS) is 14.3. The van der Waals surface area contributed by atoms with E-state index < -0.39 is 17.4 Å². The number of rotatable bonds is 10. The lowest BCUT2D eigenvalue weighted by atomic mass is 9.72. The molecule has 42 heavy (non-hydrogen) atoms. The van der Waals surface area contributed by atoms with Gasteiger partial charge in [0.05, 0.1) is 28.1 Å². The van der Waals surface area contributed by atoms with Crippen molar-refractivity contribution in [1.82, 2.24) is 15.2 Å². The molecule has 0 radical (unpaired) electrons. The zero-order valence-corrected chi connectivity index (χ0v) is 25.5. The maximum atomic E-state index is 12.6. The summed E-state index contributed by atoms with van der Waals surface area (Å²) >= 11 is 0. The second-order valence-corrected chi connectivity index (χ2v) is 12.8. The van der Waals surface area contributed by atoms with Gasteiger partial charge in [0, 0.05) is 19.2 Å². The van der Waals surface area contributed by atoms with Gasteiger partial charge in [-0.2, -0.15) is 10.2 Å². The molecule has 2 aromatic carbocycles. The summed E-state index contributed by atoms with van der Waals surface area (Å²) in [5.74, 6) is 0.463. The van der Waals surface area contributed by atoms with E-state index in [1.165, 1.54) is 6.42 Å². The van der Waals surface area contributed by atoms with Crippen molar-refractivity contribution >= 4 is 23.6 Å². The molecule has 1 aliphatic heterocycles. The van der Waals surface area contributed by atoms with Crippen LogP contribution in [0.5, 0.6) is 5.75 Å². The second kappa shape index (κ2) is 12.8. The quantitative estimate of drug-likeness (QED) is 0.172. The Morgan fingerprint density at radius 1 is 1.10 bits per heavy atom. The number of anilines is 1. The van der Waals surface area contributed by atoms with E-state index in [1.807, 2.05) is 48.0 Å². The fraction of sp³-hybridized carbons (Fsp3) is 0.469. The molecule has 3 aromatic rings. The lowest BCUT2D eigenvalue weighted by Gasteiger charge is -2.33. The van der Waals surface area contributed by atoms with Crippen LogP contribution in [-0.2, 0) is 10.2 Å². The molecule has 1 fully saturated rings. The van der Waals surface area contributed by atoms with Crippen LogP contribution in [0.4, 0.5) is 11.5 Å². The van der Waals surface area contributed by atoms with Crippen LogP contribution in [0.3, 0.4) is 0 Å². The predicted molar refractivity (Wildman–Crippen MR) is 166 cm³/mol. The zero-order chi connectivity index (χ0) is 30.5. The maximum absolute atomic E-state index is 12.6. The molecule has 10 nitrogen and oxygen atoms in total. The fourth-order valence-corrected chi connectivity index (χ4v) is 5.81. The van der Waals surface area contributed by atoms with Crippen LogP contribution in [0, 0.1) is 22.5 Å². The number of aryl methyl sites for hydroxylation is 1. The van der Waals surface area contributed by atoms with Gasteiger partial charge in [0.25, 0.3) is 5.91 Å². The number of para-hydroxylation sites is 1. The first-order chi connectivity index (χ1) is 19.9. The second-order valence-electron chi connectivity index (χ2n) is 12.8. The molecule has 10 heteroatoms. The summed E-state index contributed by atoms with van der Waals surface area (Å²) in [4.78, 5) is 26.3. The molecular weight excluding hydrogens is 532 g/mol. The third-order valence-electron chi connectivity index (χ3n) is 7.39. The Hall–Kier alpha value is -4.21. The Kier molecular flexibility index (Phi) is 9.33. The van der Waals surface area contributed by atoms with Crippen molar-refractivity contribution in [3.8, 4) is 11.4 Å². The first kappa shape index (κ1) is 30.7. The molecule has 0 unspecified atom stereocenters. The molecule has 1 N–H and O–H groups in total. The van der Waals surface area contributed by atoms with Gasteiger partial charge in [0.1, 0.15) is 5.82 Å². The molecule has 224 valence electrons. The van der Waals surface area contributed by atoms with Crippen molar-refractivity contribution < 1.29 is 14.5 Å². The third kappa shape index (κ3) is 7.54. The summed E-state index contributed by atoms with van der Waals surface area (Å²) in [5, 5.41) is 20.8. The van der Waals surface area contributed by atoms with Crippen LogP contribution in [-0.4, -0.2) is 46.5 Å². The van der Waals surface area contributed by atoms with Crippen molar-refractivity contribution in [3.63, 3.8) is 0 Å². The van der Waals surface area contributed by atoms with E-state index in [4.69, 9.17) is 9.84 Å². The monoisotopic (exact) mass is 574 g/mol. The number of nitro groups is 1. The van der Waals surface area contributed by atoms with E-state index in [2.05, 4.69) is 50.0 Å². The number of amides is 1. The van der Waals surface area contributed by atoms with E-state index >= 15 is 0 Å². The van der Waals surface area contributed by atoms with Crippen molar-refractivity contribution in [1.29, 1.82) is 0 Å². The van der Waals surface area contributed by atoms with E-state index in [9.17, 15) is 14.9 Å². The summed E-state index contributed by atoms with van der Waals surface area (Å²) in [6.07, 6.45) is 5.86. The van der Waals surface area contributed by atoms with Crippen molar-refractivity contribution in [2.75, 3.05) is 24.6 Å². The van der Waals surface area contributed by atoms with Crippen LogP contribution in [0.25, 0.3) is 5.69 Å². The summed E-state index contributed by atoms with van der Waals surface area (Å²) in [6.45, 7) is 13.9. The van der Waals surface area contributed by atoms with Crippen LogP contribution in [0.2, 0.25) is 0 Å². The minimum absolute atomic E-state index is 0.0433. The number of aromatic nitrogens is 2. The van der Waals surface area contributed by atoms with E-state index in [-0.39, 0.29) is 22.3 Å². The highest BCUT2D eigenvalue weighted by molar-refractivity contribution is 5.90. The summed E-state index contributed by atoms with van der Waals surface area (Å²) in [5.41, 5.74) is 5.53. The number of hydrazone groups is 1. The van der Waals surface area contributed by atoms with Gasteiger partial charge >= 0.3 is 5.69 Å². The van der Waals surface area contributed by atoms with Gasteiger partial charge in [0.15, 0.2) is 12.4 Å². The van der Waals surface area contributed by atoms with Crippen molar-refractivity contribution in [2.45, 2.75) is 72.6 Å². The first-order valence-corrected chi connectivity index (χ1v) is 14.5. The number of benzene rings is 2. The van der Waals surface area contributed by atoms with Gasteiger partial charge in [-0.3, -0.25) is 14.9 Å². The number of hydrogen-bond acceptors (Lipinski definition) is 7. The molecule has 0 saturated carbocycles. The van der Waals surface area contributed by atoms with E-state index in [0.717, 1.165) is 60.7 Å². The Labute approximate surface area is 247 Å². The summed E-state index contributed by atoms with van der Waals surface area (Å²) in [6, 6.07) is 14.9. The Morgan fingerprint density at radius 3 is 2.43 bits per heavy atom. The van der Waals surface area contributed by atoms with E-state index in [1.54, 1.807) is 18.3 Å². The Balaban J connectivity index is 1.47. The fourth-order valence-electron chi connectivity index (χ4n) is 5.81. The van der Waals surface area contributed by atoms with Crippen LogP contribution in [0.15, 0.2) is 53.6 Å². The molecule has 0 aliphatic carbocycles. The van der Waals surface area contributed by atoms with Crippen molar-refractivity contribution in [3.05, 3.63) is 75.5 Å². The molecule has 4 rings (SSSR count). The van der Waals surface area contributed by atoms with Gasteiger partial charge in [-0.05, 0) is 67.2 Å². The number of ether oxygens (including phenoxy) is 1. The summed E-state index contributed by atoms with van der Waals surface area (Å²) in [7, 11) is 0. The highest BCUT2D eigenvalue weighted by Crippen LogP contribution is 2.39. The number of carbonyl (C=O) groups is 1. The Morgan fingerprint density at radius 2 is 1.79 bits per heavy atom. The maximum Gasteiger partial charge on any atom is 0.311 e. The lowest BCUT2D eigenvalue weighted by Crippen LogP contribution is -2.32. The SMILES string of the molecule is Cc1nn(-c2ccccc2)c(N2CCCCC2)c1/C=N/NC(=O)COc1ccc(C(C)(C)CC(C)(C)C)cc1[N+](=O)[O-]. The number of nitro benzene ring substituents is 1. The standard InChI is InChI=1S/C32H42N6O4/c1-23-26(30(36-17-11-8-12-18-36)37(35-23)25-13-9-7-10-14-25)20-33-34-29(39)21-42-28-16-15-24(19-27(28)38(40)41)32(5,6)22-31(2,3)4/h7,9-10,13-16,19-20H,8,11-12,17-18,21-22H2,1-6H3,(H,34,39)/b33-20+. The summed E-state index contributed by atoms with van der Waals surface area (Å²) < 4.78 is 7.51. The molecule has 1 saturated heterocycles. The average molecular weight is 575 g/mol. The van der Waals surface area contributed by atoms with Gasteiger partial charge in [-0.15, -0.1) is 0 Å². The number of piperidine rings is 1. The molecule has 1 aromatic heterocycles. The largest absolute Gasteiger partial charge is 0.477 e. The number of nitrogens with zero attached hydrogens (tertiary/aromatic N) is 5. The number of nitrogens with one attached hydrogen (secondary N) is 1. The Bertz CT molecular complexity index is 1430. The van der Waals surface area contributed by atoms with Gasteiger partial charge < -0.3 is 9.64 Å². The van der Waals surface area contributed by atoms with Crippen LogP contribution in [0.1, 0.15) is 77.1 Å². The predicted octanol–water partition coefficient (Wildman–Crippen LogP) is 6.32. The molecular formula is C32H42N6O4. The van der Waals surface area contributed by atoms with Gasteiger partial charge in [0.2, 0.25) is 0 Å². The molecule has 0 bridgehead atoms. The van der Waals surface area contributed by atoms with Gasteiger partial charge in [-0.25, -0.2) is 10.1 Å². The average Bonchev–Trinajstić information content (AvgIpc) is 3.27. The topological polar surface area (TPSA) is 115 Å². The smallest absolute Gasteiger partial charge is 0.311 e. The molecule has 0 atom stereocenters. The number of hydrogen-bond donors (Lipinski definition) is 1. The van der Waals surface area contributed by atoms with Crippen molar-refractivity contribution in [2.24, 2.45) is 10.5 Å². The highest BCUT2D eigenvalue weighted by Gasteiger charge is 2.30. The molecule has 0 spiro atoms. The molecule has 1 amide bonds. The first-order valence-electron chi connectivity index (χ1n) is 14.5. The minimum atomic E-state index is -0.523. The zero-order valence-electron chi connectivity index (χ0n) is 25.5. The molecule has 1 aliphatic rings. The van der Waals surface area contributed by atoms with Crippen LogP contribution >= 0.6 is 0 Å². The third-order valence-corrected chi connectivity index (χ3v) is 7.39. The lowest BCUT2D eigenvalue weighted by molar-refractivity contribution is -0.385. The highest BCUT2D eigenvalue weighted by atomic mass is 16.6. The minimum Gasteiger partial charge on any atom is -0.477 e. The van der Waals surface area contributed by atoms with Gasteiger partial charge in [-0.1, -0.05) is 58.9 Å². The molecule has 2 heterocycles.